The van der Waals surface area contributed by atoms with Crippen LogP contribution >= 0.6 is 28.3 Å². The van der Waals surface area contributed by atoms with Crippen molar-refractivity contribution in [3.63, 3.8) is 0 Å². The summed E-state index contributed by atoms with van der Waals surface area (Å²) in [4.78, 5) is 0. The molecule has 1 aromatic carbocycles. The first-order valence-electron chi connectivity index (χ1n) is 3.48. The van der Waals surface area contributed by atoms with Gasteiger partial charge in [0, 0.05) is 17.6 Å². The average Bonchev–Trinajstić information content (AvgIpc) is 2.34. The quantitative estimate of drug-likeness (QED) is 0.740. The van der Waals surface area contributed by atoms with Crippen LogP contribution in [0.25, 0.3) is 0 Å². The van der Waals surface area contributed by atoms with Crippen LogP contribution in [0.5, 0.6) is 5.75 Å². The van der Waals surface area contributed by atoms with Crippen molar-refractivity contribution in [1.82, 2.24) is 5.32 Å². The summed E-state index contributed by atoms with van der Waals surface area (Å²) in [6.45, 7) is 1.76. The van der Waals surface area contributed by atoms with Crippen LogP contribution in [0.1, 0.15) is 11.1 Å². The van der Waals surface area contributed by atoms with Crippen molar-refractivity contribution in [3.05, 3.63) is 27.7 Å². The van der Waals surface area contributed by atoms with Gasteiger partial charge >= 0.3 is 0 Å². The van der Waals surface area contributed by atoms with Gasteiger partial charge in [-0.05, 0) is 23.3 Å². The first-order valence-corrected chi connectivity index (χ1v) is 4.27. The van der Waals surface area contributed by atoms with Crippen molar-refractivity contribution in [1.29, 1.82) is 0 Å². The number of rotatable bonds is 0. The molecule has 0 aromatic heterocycles. The number of halogens is 2. The summed E-state index contributed by atoms with van der Waals surface area (Å²) in [5.74, 6) is 0.333. The number of nitrogens with one attached hydrogen (secondary N) is 1. The van der Waals surface area contributed by atoms with Gasteiger partial charge in [0.05, 0.1) is 0 Å². The minimum absolute atomic E-state index is 0. The van der Waals surface area contributed by atoms with Crippen LogP contribution in [0.4, 0.5) is 0 Å². The Kier molecular flexibility index (Phi) is 2.99. The summed E-state index contributed by atoms with van der Waals surface area (Å²) in [6.07, 6.45) is 0. The zero-order chi connectivity index (χ0) is 7.84. The van der Waals surface area contributed by atoms with Crippen LogP contribution in [0.3, 0.4) is 0 Å². The lowest BCUT2D eigenvalue weighted by Gasteiger charge is -2.01. The lowest BCUT2D eigenvalue weighted by atomic mass is 10.1. The molecule has 0 unspecified atom stereocenters. The molecule has 0 bridgehead atoms. The third kappa shape index (κ3) is 1.58. The number of phenolic OH excluding ortho intramolecular Hbond substituents is 1. The molecular formula is C8H9BrClNO. The molecular weight excluding hydrogens is 241 g/mol. The van der Waals surface area contributed by atoms with Gasteiger partial charge in [-0.15, -0.1) is 12.4 Å². The lowest BCUT2D eigenvalue weighted by Crippen LogP contribution is -2.00. The number of benzene rings is 1. The van der Waals surface area contributed by atoms with Crippen molar-refractivity contribution in [3.8, 4) is 5.75 Å². The second-order valence-electron chi connectivity index (χ2n) is 2.67. The van der Waals surface area contributed by atoms with Crippen LogP contribution in [0.2, 0.25) is 0 Å². The Bertz CT molecular complexity index is 303. The van der Waals surface area contributed by atoms with Crippen molar-refractivity contribution >= 4 is 28.3 Å². The molecule has 1 aromatic rings. The van der Waals surface area contributed by atoms with Crippen LogP contribution in [0.15, 0.2) is 16.6 Å². The van der Waals surface area contributed by atoms with E-state index in [4.69, 9.17) is 0 Å². The normalized spacial score (nSPS) is 13.8. The predicted octanol–water partition coefficient (Wildman–Crippen LogP) is 2.18. The van der Waals surface area contributed by atoms with Gasteiger partial charge in [0.2, 0.25) is 0 Å². The maximum absolute atomic E-state index is 9.22. The molecule has 2 nitrogen and oxygen atoms in total. The highest BCUT2D eigenvalue weighted by Gasteiger charge is 2.13. The maximum Gasteiger partial charge on any atom is 0.117 e. The van der Waals surface area contributed by atoms with Crippen molar-refractivity contribution in [2.45, 2.75) is 13.1 Å². The third-order valence-corrected chi connectivity index (χ3v) is 2.60. The fourth-order valence-electron chi connectivity index (χ4n) is 1.36. The molecule has 0 saturated carbocycles. The van der Waals surface area contributed by atoms with Gasteiger partial charge in [0.1, 0.15) is 5.75 Å². The molecule has 0 aliphatic carbocycles. The molecule has 66 valence electrons. The number of hydrogen-bond donors (Lipinski definition) is 2. The molecule has 0 atom stereocenters. The fourth-order valence-corrected chi connectivity index (χ4v) is 1.98. The zero-order valence-corrected chi connectivity index (χ0v) is 8.70. The van der Waals surface area contributed by atoms with E-state index in [9.17, 15) is 5.11 Å². The molecule has 0 amide bonds. The number of phenols is 1. The fraction of sp³-hybridized carbons (Fsp3) is 0.250. The molecule has 4 heteroatoms. The van der Waals surface area contributed by atoms with E-state index in [1.165, 1.54) is 11.1 Å². The Morgan fingerprint density at radius 2 is 2.08 bits per heavy atom. The van der Waals surface area contributed by atoms with Gasteiger partial charge in [-0.25, -0.2) is 0 Å². The summed E-state index contributed by atoms with van der Waals surface area (Å²) in [6, 6.07) is 3.53. The summed E-state index contributed by atoms with van der Waals surface area (Å²) in [5, 5.41) is 12.4. The van der Waals surface area contributed by atoms with E-state index >= 15 is 0 Å². The summed E-state index contributed by atoms with van der Waals surface area (Å²) in [5.41, 5.74) is 2.46. The monoisotopic (exact) mass is 249 g/mol. The first-order chi connectivity index (χ1) is 5.27. The van der Waals surface area contributed by atoms with Crippen molar-refractivity contribution in [2.75, 3.05) is 0 Å². The van der Waals surface area contributed by atoms with E-state index < -0.39 is 0 Å². The van der Waals surface area contributed by atoms with Gasteiger partial charge in [-0.3, -0.25) is 0 Å². The average molecular weight is 251 g/mol. The lowest BCUT2D eigenvalue weighted by molar-refractivity contribution is 0.474. The van der Waals surface area contributed by atoms with Gasteiger partial charge in [-0.1, -0.05) is 15.9 Å². The Hall–Kier alpha value is -0.250. The highest BCUT2D eigenvalue weighted by molar-refractivity contribution is 9.10. The van der Waals surface area contributed by atoms with Crippen LogP contribution in [0, 0.1) is 0 Å². The number of aromatic hydroxyl groups is 1. The smallest absolute Gasteiger partial charge is 0.117 e. The van der Waals surface area contributed by atoms with Gasteiger partial charge in [-0.2, -0.15) is 0 Å². The van der Waals surface area contributed by atoms with E-state index in [2.05, 4.69) is 21.2 Å². The first kappa shape index (κ1) is 9.84. The van der Waals surface area contributed by atoms with E-state index in [1.807, 2.05) is 0 Å². The van der Waals surface area contributed by atoms with E-state index in [-0.39, 0.29) is 12.4 Å². The Morgan fingerprint density at radius 1 is 1.33 bits per heavy atom. The van der Waals surface area contributed by atoms with Crippen LogP contribution in [-0.4, -0.2) is 5.11 Å². The Morgan fingerprint density at radius 3 is 2.83 bits per heavy atom. The van der Waals surface area contributed by atoms with E-state index in [0.717, 1.165) is 17.6 Å². The molecule has 0 spiro atoms. The zero-order valence-electron chi connectivity index (χ0n) is 6.30. The van der Waals surface area contributed by atoms with Crippen molar-refractivity contribution < 1.29 is 5.11 Å². The van der Waals surface area contributed by atoms with E-state index in [0.29, 0.717) is 5.75 Å². The number of hydrogen-bond acceptors (Lipinski definition) is 2. The Labute approximate surface area is 85.5 Å². The highest BCUT2D eigenvalue weighted by Crippen LogP contribution is 2.28. The second kappa shape index (κ2) is 3.64. The molecule has 2 rings (SSSR count). The molecule has 1 heterocycles. The summed E-state index contributed by atoms with van der Waals surface area (Å²) < 4.78 is 0.998. The minimum Gasteiger partial charge on any atom is -0.508 e. The highest BCUT2D eigenvalue weighted by atomic mass is 79.9. The molecule has 0 radical (unpaired) electrons. The molecule has 0 saturated heterocycles. The molecule has 1 aliphatic rings. The largest absolute Gasteiger partial charge is 0.508 e. The van der Waals surface area contributed by atoms with Crippen LogP contribution < -0.4 is 5.32 Å². The third-order valence-electron chi connectivity index (χ3n) is 1.89. The minimum atomic E-state index is 0. The Balaban J connectivity index is 0.000000720. The topological polar surface area (TPSA) is 32.3 Å². The van der Waals surface area contributed by atoms with Gasteiger partial charge in [0.25, 0.3) is 0 Å². The molecule has 0 fully saturated rings. The van der Waals surface area contributed by atoms with Gasteiger partial charge in [0.15, 0.2) is 0 Å². The van der Waals surface area contributed by atoms with Crippen molar-refractivity contribution in [2.24, 2.45) is 0 Å². The molecule has 2 N–H and O–H groups in total. The summed E-state index contributed by atoms with van der Waals surface area (Å²) in [7, 11) is 0. The SMILES string of the molecule is Cl.Oc1cc(Br)c2c(c1)CNC2. The maximum atomic E-state index is 9.22. The molecule has 12 heavy (non-hydrogen) atoms. The van der Waals surface area contributed by atoms with E-state index in [1.54, 1.807) is 12.1 Å². The standard InChI is InChI=1S/C8H8BrNO.ClH/c9-8-2-6(11)1-5-3-10-4-7(5)8;/h1-2,10-11H,3-4H2;1H. The number of fused-ring (bicyclic) bond motifs is 1. The summed E-state index contributed by atoms with van der Waals surface area (Å²) >= 11 is 3.40. The molecule has 1 aliphatic heterocycles. The van der Waals surface area contributed by atoms with Gasteiger partial charge < -0.3 is 10.4 Å². The second-order valence-corrected chi connectivity index (χ2v) is 3.52. The van der Waals surface area contributed by atoms with Crippen LogP contribution in [-0.2, 0) is 13.1 Å². The predicted molar refractivity (Wildman–Crippen MR) is 53.6 cm³/mol.